The van der Waals surface area contributed by atoms with Gasteiger partial charge in [0.1, 0.15) is 0 Å². The lowest BCUT2D eigenvalue weighted by Crippen LogP contribution is -2.24. The molecular formula is C16H22BrNO5. The van der Waals surface area contributed by atoms with Crippen molar-refractivity contribution in [1.29, 1.82) is 0 Å². The molecule has 0 aliphatic rings. The first-order valence-corrected chi connectivity index (χ1v) is 8.20. The molecule has 0 bridgehead atoms. The van der Waals surface area contributed by atoms with Gasteiger partial charge in [0, 0.05) is 18.5 Å². The number of methoxy groups -OCH3 is 2. The Morgan fingerprint density at radius 1 is 1.13 bits per heavy atom. The molecule has 0 unspecified atom stereocenters. The monoisotopic (exact) mass is 387 g/mol. The lowest BCUT2D eigenvalue weighted by molar-refractivity contribution is -0.137. The van der Waals surface area contributed by atoms with Gasteiger partial charge in [-0.15, -0.1) is 0 Å². The minimum atomic E-state index is -0.766. The zero-order chi connectivity index (χ0) is 17.2. The van der Waals surface area contributed by atoms with Gasteiger partial charge in [-0.05, 0) is 40.9 Å². The molecule has 0 aliphatic carbocycles. The van der Waals surface area contributed by atoms with E-state index in [-0.39, 0.29) is 12.3 Å². The highest BCUT2D eigenvalue weighted by atomic mass is 79.9. The molecule has 128 valence electrons. The van der Waals surface area contributed by atoms with Crippen molar-refractivity contribution in [3.05, 3.63) is 22.2 Å². The van der Waals surface area contributed by atoms with Crippen LogP contribution >= 0.6 is 15.9 Å². The van der Waals surface area contributed by atoms with E-state index in [9.17, 15) is 9.59 Å². The maximum atomic E-state index is 12.1. The number of carboxylic acids is 1. The number of carboxylic acid groups (broad SMARTS) is 1. The first kappa shape index (κ1) is 19.3. The molecule has 0 fully saturated rings. The van der Waals surface area contributed by atoms with Crippen molar-refractivity contribution >= 4 is 27.8 Å². The van der Waals surface area contributed by atoms with Crippen molar-refractivity contribution in [3.63, 3.8) is 0 Å². The smallest absolute Gasteiger partial charge is 0.303 e. The Hall–Kier alpha value is -1.76. The van der Waals surface area contributed by atoms with Gasteiger partial charge in [-0.1, -0.05) is 12.8 Å². The van der Waals surface area contributed by atoms with Crippen LogP contribution in [0.5, 0.6) is 11.5 Å². The summed E-state index contributed by atoms with van der Waals surface area (Å²) in [5.74, 6) is 0.0812. The van der Waals surface area contributed by atoms with Crippen LogP contribution in [-0.4, -0.2) is 37.7 Å². The maximum absolute atomic E-state index is 12.1. The second kappa shape index (κ2) is 10.1. The van der Waals surface area contributed by atoms with E-state index in [1.165, 1.54) is 14.2 Å². The molecule has 0 radical (unpaired) electrons. The number of unbranched alkanes of at least 4 members (excludes halogenated alkanes) is 3. The van der Waals surface area contributed by atoms with Gasteiger partial charge >= 0.3 is 5.97 Å². The molecule has 0 saturated heterocycles. The average Bonchev–Trinajstić information content (AvgIpc) is 2.52. The van der Waals surface area contributed by atoms with Crippen LogP contribution in [0, 0.1) is 0 Å². The molecule has 6 nitrogen and oxygen atoms in total. The number of halogens is 1. The summed E-state index contributed by atoms with van der Waals surface area (Å²) in [6.45, 7) is 0.553. The third-order valence-electron chi connectivity index (χ3n) is 3.30. The van der Waals surface area contributed by atoms with Crippen LogP contribution in [-0.2, 0) is 4.79 Å². The van der Waals surface area contributed by atoms with Gasteiger partial charge in [0.25, 0.3) is 5.91 Å². The van der Waals surface area contributed by atoms with Crippen molar-refractivity contribution < 1.29 is 24.2 Å². The van der Waals surface area contributed by atoms with Crippen molar-refractivity contribution in [3.8, 4) is 11.5 Å². The molecule has 1 amide bonds. The molecular weight excluding hydrogens is 366 g/mol. The zero-order valence-electron chi connectivity index (χ0n) is 13.4. The normalized spacial score (nSPS) is 10.2. The highest BCUT2D eigenvalue weighted by molar-refractivity contribution is 9.10. The van der Waals surface area contributed by atoms with E-state index < -0.39 is 5.97 Å². The number of hydrogen-bond acceptors (Lipinski definition) is 4. The summed E-state index contributed by atoms with van der Waals surface area (Å²) in [7, 11) is 3.05. The van der Waals surface area contributed by atoms with Crippen molar-refractivity contribution in [2.45, 2.75) is 32.1 Å². The molecule has 1 aromatic rings. The fraction of sp³-hybridized carbons (Fsp3) is 0.500. The van der Waals surface area contributed by atoms with E-state index >= 15 is 0 Å². The van der Waals surface area contributed by atoms with E-state index in [0.29, 0.717) is 34.5 Å². The Kier molecular flexibility index (Phi) is 8.47. The second-order valence-electron chi connectivity index (χ2n) is 5.01. The lowest BCUT2D eigenvalue weighted by Gasteiger charge is -2.12. The van der Waals surface area contributed by atoms with Crippen molar-refractivity contribution in [2.24, 2.45) is 0 Å². The number of benzene rings is 1. The van der Waals surface area contributed by atoms with Gasteiger partial charge in [-0.3, -0.25) is 9.59 Å². The molecule has 1 aromatic carbocycles. The third kappa shape index (κ3) is 6.48. The predicted octanol–water partition coefficient (Wildman–Crippen LogP) is 3.23. The lowest BCUT2D eigenvalue weighted by atomic mass is 10.1. The summed E-state index contributed by atoms with van der Waals surface area (Å²) in [5.41, 5.74) is 0.486. The Morgan fingerprint density at radius 3 is 2.43 bits per heavy atom. The number of rotatable bonds is 10. The SMILES string of the molecule is COc1cc(C(=O)NCCCCCCC(=O)O)cc(Br)c1OC. The molecule has 0 spiro atoms. The molecule has 0 atom stereocenters. The van der Waals surface area contributed by atoms with Crippen LogP contribution in [0.15, 0.2) is 16.6 Å². The average molecular weight is 388 g/mol. The maximum Gasteiger partial charge on any atom is 0.303 e. The Balaban J connectivity index is 2.43. The fourth-order valence-electron chi connectivity index (χ4n) is 2.11. The molecule has 0 aromatic heterocycles. The van der Waals surface area contributed by atoms with Gasteiger partial charge in [-0.25, -0.2) is 0 Å². The van der Waals surface area contributed by atoms with Crippen LogP contribution in [0.3, 0.4) is 0 Å². The van der Waals surface area contributed by atoms with E-state index in [4.69, 9.17) is 14.6 Å². The predicted molar refractivity (Wildman–Crippen MR) is 90.3 cm³/mol. The third-order valence-corrected chi connectivity index (χ3v) is 3.89. The summed E-state index contributed by atoms with van der Waals surface area (Å²) < 4.78 is 11.1. The second-order valence-corrected chi connectivity index (χ2v) is 5.86. The molecule has 7 heteroatoms. The van der Waals surface area contributed by atoms with Crippen molar-refractivity contribution in [1.82, 2.24) is 5.32 Å². The van der Waals surface area contributed by atoms with Gasteiger partial charge in [-0.2, -0.15) is 0 Å². The van der Waals surface area contributed by atoms with Crippen LogP contribution in [0.4, 0.5) is 0 Å². The summed E-state index contributed by atoms with van der Waals surface area (Å²) in [5, 5.41) is 11.4. The number of carbonyl (C=O) groups excluding carboxylic acids is 1. The number of aliphatic carboxylic acids is 1. The van der Waals surface area contributed by atoms with E-state index in [2.05, 4.69) is 21.2 Å². The summed E-state index contributed by atoms with van der Waals surface area (Å²) in [6, 6.07) is 3.31. The van der Waals surface area contributed by atoms with Crippen LogP contribution in [0.1, 0.15) is 42.5 Å². The standard InChI is InChI=1S/C16H22BrNO5/c1-22-13-10-11(9-12(17)15(13)23-2)16(21)18-8-6-4-3-5-7-14(19)20/h9-10H,3-8H2,1-2H3,(H,18,21)(H,19,20). The van der Waals surface area contributed by atoms with Crippen molar-refractivity contribution in [2.75, 3.05) is 20.8 Å². The first-order chi connectivity index (χ1) is 11.0. The minimum absolute atomic E-state index is 0.183. The van der Waals surface area contributed by atoms with Crippen LogP contribution in [0.2, 0.25) is 0 Å². The Morgan fingerprint density at radius 2 is 1.83 bits per heavy atom. The minimum Gasteiger partial charge on any atom is -0.493 e. The van der Waals surface area contributed by atoms with Crippen LogP contribution < -0.4 is 14.8 Å². The first-order valence-electron chi connectivity index (χ1n) is 7.41. The van der Waals surface area contributed by atoms with Gasteiger partial charge < -0.3 is 19.9 Å². The number of carbonyl (C=O) groups is 2. The number of amides is 1. The summed E-state index contributed by atoms with van der Waals surface area (Å²) in [4.78, 5) is 22.5. The van der Waals surface area contributed by atoms with Gasteiger partial charge in [0.15, 0.2) is 11.5 Å². The molecule has 0 aliphatic heterocycles. The van der Waals surface area contributed by atoms with E-state index in [0.717, 1.165) is 19.3 Å². The molecule has 0 saturated carbocycles. The largest absolute Gasteiger partial charge is 0.493 e. The van der Waals surface area contributed by atoms with Gasteiger partial charge in [0.05, 0.1) is 18.7 Å². The number of ether oxygens (including phenoxy) is 2. The topological polar surface area (TPSA) is 84.9 Å². The van der Waals surface area contributed by atoms with Crippen LogP contribution in [0.25, 0.3) is 0 Å². The quantitative estimate of drug-likeness (QED) is 0.602. The number of hydrogen-bond donors (Lipinski definition) is 2. The van der Waals surface area contributed by atoms with E-state index in [1.54, 1.807) is 12.1 Å². The molecule has 1 rings (SSSR count). The highest BCUT2D eigenvalue weighted by Crippen LogP contribution is 2.36. The van der Waals surface area contributed by atoms with E-state index in [1.807, 2.05) is 0 Å². The number of nitrogens with one attached hydrogen (secondary N) is 1. The molecule has 2 N–H and O–H groups in total. The van der Waals surface area contributed by atoms with Gasteiger partial charge in [0.2, 0.25) is 0 Å². The summed E-state index contributed by atoms with van der Waals surface area (Å²) in [6.07, 6.45) is 3.44. The molecule has 23 heavy (non-hydrogen) atoms. The zero-order valence-corrected chi connectivity index (χ0v) is 14.9. The highest BCUT2D eigenvalue weighted by Gasteiger charge is 2.14. The molecule has 0 heterocycles. The Bertz CT molecular complexity index is 548. The fourth-order valence-corrected chi connectivity index (χ4v) is 2.71. The summed E-state index contributed by atoms with van der Waals surface area (Å²) >= 11 is 3.36. The Labute approximate surface area is 144 Å².